The lowest BCUT2D eigenvalue weighted by atomic mass is 10.1. The highest BCUT2D eigenvalue weighted by molar-refractivity contribution is 8.18. The Morgan fingerprint density at radius 3 is 2.46 bits per heavy atom. The van der Waals surface area contributed by atoms with Gasteiger partial charge in [-0.3, -0.25) is 9.69 Å². The minimum Gasteiger partial charge on any atom is -0.493 e. The molecule has 1 heterocycles. The quantitative estimate of drug-likeness (QED) is 0.416. The van der Waals surface area contributed by atoms with Crippen molar-refractivity contribution < 1.29 is 24.2 Å². The zero-order chi connectivity index (χ0) is 24.8. The summed E-state index contributed by atoms with van der Waals surface area (Å²) in [5, 5.41) is 9.67. The van der Waals surface area contributed by atoms with Crippen LogP contribution in [-0.4, -0.2) is 40.7 Å². The molecule has 1 aliphatic heterocycles. The summed E-state index contributed by atoms with van der Waals surface area (Å²) in [5.41, 5.74) is 2.65. The van der Waals surface area contributed by atoms with Crippen molar-refractivity contribution in [3.63, 3.8) is 0 Å². The maximum absolute atomic E-state index is 13.0. The summed E-state index contributed by atoms with van der Waals surface area (Å²) in [7, 11) is 1.56. The number of hydrogen-bond donors (Lipinski definition) is 1. The van der Waals surface area contributed by atoms with E-state index in [1.165, 1.54) is 11.8 Å². The summed E-state index contributed by atoms with van der Waals surface area (Å²) in [6, 6.07) is 21.5. The fourth-order valence-corrected chi connectivity index (χ4v) is 4.49. The van der Waals surface area contributed by atoms with E-state index in [2.05, 4.69) is 4.99 Å². The maximum atomic E-state index is 13.0. The Morgan fingerprint density at radius 2 is 1.80 bits per heavy atom. The third-order valence-corrected chi connectivity index (χ3v) is 6.27. The molecule has 1 amide bonds. The smallest absolute Gasteiger partial charge is 0.335 e. The minimum atomic E-state index is -0.969. The van der Waals surface area contributed by atoms with E-state index in [1.807, 2.05) is 55.5 Å². The number of rotatable bonds is 8. The van der Waals surface area contributed by atoms with Gasteiger partial charge in [0.05, 0.1) is 23.3 Å². The van der Waals surface area contributed by atoms with E-state index in [-0.39, 0.29) is 18.1 Å². The fourth-order valence-electron chi connectivity index (χ4n) is 3.43. The van der Waals surface area contributed by atoms with Gasteiger partial charge in [0, 0.05) is 6.54 Å². The van der Waals surface area contributed by atoms with Gasteiger partial charge in [-0.25, -0.2) is 9.79 Å². The first-order chi connectivity index (χ1) is 17.0. The topological polar surface area (TPSA) is 88.4 Å². The SMILES string of the molecule is CCN1C(=O)/C(=C/c2ccc(OCc3ccc(C(=O)O)cc3)c(OC)c2)SC1=Nc1ccccc1. The number of nitrogens with zero attached hydrogens (tertiary/aromatic N) is 2. The van der Waals surface area contributed by atoms with Crippen molar-refractivity contribution in [1.29, 1.82) is 0 Å². The zero-order valence-electron chi connectivity index (χ0n) is 19.3. The first-order valence-corrected chi connectivity index (χ1v) is 11.8. The number of amides is 1. The number of para-hydroxylation sites is 1. The molecule has 3 aromatic carbocycles. The number of methoxy groups -OCH3 is 1. The molecular weight excluding hydrogens is 464 g/mol. The number of likely N-dealkylation sites (N-methyl/N-ethyl adjacent to an activating group) is 1. The van der Waals surface area contributed by atoms with Gasteiger partial charge in [-0.05, 0) is 72.3 Å². The summed E-state index contributed by atoms with van der Waals surface area (Å²) in [4.78, 5) is 30.8. The summed E-state index contributed by atoms with van der Waals surface area (Å²) < 4.78 is 11.4. The number of aromatic carboxylic acids is 1. The molecule has 1 saturated heterocycles. The van der Waals surface area contributed by atoms with Crippen LogP contribution < -0.4 is 9.47 Å². The number of ether oxygens (including phenoxy) is 2. The van der Waals surface area contributed by atoms with Crippen LogP contribution in [0.3, 0.4) is 0 Å². The zero-order valence-corrected chi connectivity index (χ0v) is 20.1. The Kier molecular flexibility index (Phi) is 7.52. The molecule has 3 aromatic rings. The van der Waals surface area contributed by atoms with Crippen LogP contribution in [0.5, 0.6) is 11.5 Å². The number of benzene rings is 3. The number of aliphatic imine (C=N–C) groups is 1. The lowest BCUT2D eigenvalue weighted by Gasteiger charge is -2.12. The van der Waals surface area contributed by atoms with Crippen molar-refractivity contribution in [2.24, 2.45) is 4.99 Å². The summed E-state index contributed by atoms with van der Waals surface area (Å²) in [6.45, 7) is 2.71. The molecule has 0 atom stereocenters. The van der Waals surface area contributed by atoms with Crippen LogP contribution in [0.2, 0.25) is 0 Å². The molecule has 1 aliphatic rings. The highest BCUT2D eigenvalue weighted by Gasteiger charge is 2.32. The molecule has 1 fully saturated rings. The van der Waals surface area contributed by atoms with E-state index >= 15 is 0 Å². The second-order valence-electron chi connectivity index (χ2n) is 7.59. The van der Waals surface area contributed by atoms with E-state index < -0.39 is 5.97 Å². The summed E-state index contributed by atoms with van der Waals surface area (Å²) >= 11 is 1.34. The molecule has 0 saturated carbocycles. The van der Waals surface area contributed by atoms with E-state index in [0.717, 1.165) is 16.8 Å². The first-order valence-electron chi connectivity index (χ1n) is 11.0. The van der Waals surface area contributed by atoms with E-state index in [4.69, 9.17) is 14.6 Å². The van der Waals surface area contributed by atoms with Gasteiger partial charge in [0.25, 0.3) is 5.91 Å². The highest BCUT2D eigenvalue weighted by Crippen LogP contribution is 2.36. The highest BCUT2D eigenvalue weighted by atomic mass is 32.2. The average molecular weight is 489 g/mol. The standard InChI is InChI=1S/C27H24N2O5S/c1-3-29-25(30)24(35-27(29)28-21-7-5-4-6-8-21)16-19-11-14-22(23(15-19)33-2)34-17-18-9-12-20(13-10-18)26(31)32/h4-16H,3,17H2,1-2H3,(H,31,32)/b24-16-,28-27?. The Bertz CT molecular complexity index is 1290. The average Bonchev–Trinajstić information content (AvgIpc) is 3.17. The molecule has 1 N–H and O–H groups in total. The number of thioether (sulfide) groups is 1. The number of carbonyl (C=O) groups is 2. The molecule has 7 nitrogen and oxygen atoms in total. The molecule has 4 rings (SSSR count). The van der Waals surface area contributed by atoms with Crippen LogP contribution in [0.25, 0.3) is 6.08 Å². The maximum Gasteiger partial charge on any atom is 0.335 e. The Balaban J connectivity index is 1.51. The molecule has 0 bridgehead atoms. The second kappa shape index (κ2) is 10.9. The van der Waals surface area contributed by atoms with Gasteiger partial charge in [0.15, 0.2) is 16.7 Å². The van der Waals surface area contributed by atoms with E-state index in [0.29, 0.717) is 28.1 Å². The van der Waals surface area contributed by atoms with Crippen LogP contribution in [0.4, 0.5) is 5.69 Å². The van der Waals surface area contributed by atoms with Crippen LogP contribution in [-0.2, 0) is 11.4 Å². The van der Waals surface area contributed by atoms with Gasteiger partial charge in [0.1, 0.15) is 6.61 Å². The van der Waals surface area contributed by atoms with Crippen molar-refractivity contribution in [3.8, 4) is 11.5 Å². The molecule has 0 spiro atoms. The third-order valence-electron chi connectivity index (χ3n) is 5.27. The van der Waals surface area contributed by atoms with Crippen molar-refractivity contribution in [1.82, 2.24) is 4.90 Å². The molecular formula is C27H24N2O5S. The lowest BCUT2D eigenvalue weighted by Crippen LogP contribution is -2.28. The van der Waals surface area contributed by atoms with Crippen molar-refractivity contribution in [2.45, 2.75) is 13.5 Å². The predicted molar refractivity (Wildman–Crippen MR) is 137 cm³/mol. The first kappa shape index (κ1) is 24.1. The van der Waals surface area contributed by atoms with Gasteiger partial charge >= 0.3 is 5.97 Å². The molecule has 0 aromatic heterocycles. The predicted octanol–water partition coefficient (Wildman–Crippen LogP) is 5.60. The number of amidine groups is 1. The monoisotopic (exact) mass is 488 g/mol. The number of carboxylic acids is 1. The fraction of sp³-hybridized carbons (Fsp3) is 0.148. The molecule has 178 valence electrons. The van der Waals surface area contributed by atoms with Gasteiger partial charge in [-0.2, -0.15) is 0 Å². The number of carbonyl (C=O) groups excluding carboxylic acids is 1. The molecule has 0 radical (unpaired) electrons. The number of carboxylic acid groups (broad SMARTS) is 1. The Hall–Kier alpha value is -4.04. The summed E-state index contributed by atoms with van der Waals surface area (Å²) in [5.74, 6) is 0.0194. The van der Waals surface area contributed by atoms with Crippen molar-refractivity contribution in [2.75, 3.05) is 13.7 Å². The third kappa shape index (κ3) is 5.73. The van der Waals surface area contributed by atoms with E-state index in [1.54, 1.807) is 42.3 Å². The Morgan fingerprint density at radius 1 is 1.06 bits per heavy atom. The van der Waals surface area contributed by atoms with Crippen LogP contribution >= 0.6 is 11.8 Å². The molecule has 0 aliphatic carbocycles. The van der Waals surface area contributed by atoms with Crippen LogP contribution in [0, 0.1) is 0 Å². The van der Waals surface area contributed by atoms with Crippen LogP contribution in [0.15, 0.2) is 82.7 Å². The van der Waals surface area contributed by atoms with Gasteiger partial charge < -0.3 is 14.6 Å². The largest absolute Gasteiger partial charge is 0.493 e. The number of hydrogen-bond acceptors (Lipinski definition) is 6. The van der Waals surface area contributed by atoms with E-state index in [9.17, 15) is 9.59 Å². The van der Waals surface area contributed by atoms with Gasteiger partial charge in [-0.15, -0.1) is 0 Å². The van der Waals surface area contributed by atoms with Gasteiger partial charge in [-0.1, -0.05) is 36.4 Å². The Labute approximate surface area is 207 Å². The van der Waals surface area contributed by atoms with Crippen LogP contribution in [0.1, 0.15) is 28.4 Å². The second-order valence-corrected chi connectivity index (χ2v) is 8.60. The normalized spacial score (nSPS) is 15.6. The molecule has 8 heteroatoms. The minimum absolute atomic E-state index is 0.0868. The van der Waals surface area contributed by atoms with Crippen molar-refractivity contribution >= 4 is 40.6 Å². The molecule has 0 unspecified atom stereocenters. The molecule has 35 heavy (non-hydrogen) atoms. The lowest BCUT2D eigenvalue weighted by molar-refractivity contribution is -0.122. The van der Waals surface area contributed by atoms with Crippen molar-refractivity contribution in [3.05, 3.63) is 94.4 Å². The van der Waals surface area contributed by atoms with Gasteiger partial charge in [0.2, 0.25) is 0 Å². The summed E-state index contributed by atoms with van der Waals surface area (Å²) in [6.07, 6.45) is 1.82.